The molecule has 5 rings (SSSR count). The Morgan fingerprint density at radius 3 is 2.64 bits per heavy atom. The highest BCUT2D eigenvalue weighted by atomic mass is 19.1. The second kappa shape index (κ2) is 7.63. The Morgan fingerprint density at radius 1 is 1.00 bits per heavy atom. The van der Waals surface area contributed by atoms with E-state index in [1.54, 1.807) is 12.1 Å². The molecule has 28 heavy (non-hydrogen) atoms. The number of fused-ring (bicyclic) bond motifs is 1. The van der Waals surface area contributed by atoms with Crippen molar-refractivity contribution in [3.05, 3.63) is 53.8 Å². The van der Waals surface area contributed by atoms with E-state index in [4.69, 9.17) is 14.2 Å². The summed E-state index contributed by atoms with van der Waals surface area (Å²) in [5.74, 6) is 3.80. The monoisotopic (exact) mass is 383 g/mol. The first-order chi connectivity index (χ1) is 13.7. The number of hydrogen-bond acceptors (Lipinski definition) is 4. The third-order valence-corrected chi connectivity index (χ3v) is 6.14. The standard InChI is InChI=1S/C23H26FNO3/c24-19-5-3-17(4-6-19)21-9-10-25(12-16-1-2-16)13-18(21)14-26-20-7-8-22-23(11-20)28-15-27-22/h3-8,11,16,18,21H,1-2,9-10,12-15H2/t18-,21-/m0/s1. The lowest BCUT2D eigenvalue weighted by molar-refractivity contribution is 0.107. The quantitative estimate of drug-likeness (QED) is 0.738. The Balaban J connectivity index is 1.29. The summed E-state index contributed by atoms with van der Waals surface area (Å²) in [7, 11) is 0. The molecule has 0 unspecified atom stereocenters. The van der Waals surface area contributed by atoms with Crippen LogP contribution in [0.5, 0.6) is 17.2 Å². The number of piperidine rings is 1. The van der Waals surface area contributed by atoms with Gasteiger partial charge in [0.05, 0.1) is 6.61 Å². The molecule has 2 heterocycles. The van der Waals surface area contributed by atoms with E-state index in [2.05, 4.69) is 4.90 Å². The highest BCUT2D eigenvalue weighted by Crippen LogP contribution is 2.38. The number of rotatable bonds is 6. The Bertz CT molecular complexity index is 821. The van der Waals surface area contributed by atoms with Gasteiger partial charge >= 0.3 is 0 Å². The molecule has 4 nitrogen and oxygen atoms in total. The first-order valence-corrected chi connectivity index (χ1v) is 10.2. The molecule has 3 aliphatic rings. The minimum atomic E-state index is -0.178. The van der Waals surface area contributed by atoms with Gasteiger partial charge in [-0.3, -0.25) is 0 Å². The van der Waals surface area contributed by atoms with E-state index in [0.717, 1.165) is 42.7 Å². The zero-order chi connectivity index (χ0) is 18.9. The van der Waals surface area contributed by atoms with Crippen molar-refractivity contribution in [2.45, 2.75) is 25.2 Å². The van der Waals surface area contributed by atoms with Crippen molar-refractivity contribution in [1.82, 2.24) is 4.90 Å². The maximum absolute atomic E-state index is 13.4. The lowest BCUT2D eigenvalue weighted by Crippen LogP contribution is -2.42. The fraction of sp³-hybridized carbons (Fsp3) is 0.478. The van der Waals surface area contributed by atoms with Gasteiger partial charge in [0, 0.05) is 25.1 Å². The molecule has 0 spiro atoms. The second-order valence-corrected chi connectivity index (χ2v) is 8.24. The van der Waals surface area contributed by atoms with Crippen molar-refractivity contribution in [1.29, 1.82) is 0 Å². The number of benzene rings is 2. The maximum atomic E-state index is 13.4. The number of nitrogens with zero attached hydrogens (tertiary/aromatic N) is 1. The summed E-state index contributed by atoms with van der Waals surface area (Å²) < 4.78 is 30.4. The molecule has 2 fully saturated rings. The zero-order valence-corrected chi connectivity index (χ0v) is 16.0. The normalized spacial score (nSPS) is 24.3. The highest BCUT2D eigenvalue weighted by molar-refractivity contribution is 5.46. The average Bonchev–Trinajstić information content (AvgIpc) is 3.40. The van der Waals surface area contributed by atoms with E-state index in [1.165, 1.54) is 24.9 Å². The van der Waals surface area contributed by atoms with Crippen molar-refractivity contribution in [3.8, 4) is 17.2 Å². The lowest BCUT2D eigenvalue weighted by Gasteiger charge is -2.39. The largest absolute Gasteiger partial charge is 0.493 e. The predicted octanol–water partition coefficient (Wildman–Crippen LogP) is 4.45. The van der Waals surface area contributed by atoms with Crippen LogP contribution in [0.2, 0.25) is 0 Å². The van der Waals surface area contributed by atoms with E-state index in [-0.39, 0.29) is 12.6 Å². The first kappa shape index (κ1) is 17.8. The summed E-state index contributed by atoms with van der Waals surface area (Å²) in [6.45, 7) is 4.26. The molecule has 2 aliphatic heterocycles. The van der Waals surface area contributed by atoms with Crippen molar-refractivity contribution in [2.24, 2.45) is 11.8 Å². The van der Waals surface area contributed by atoms with Gasteiger partial charge in [0.15, 0.2) is 11.5 Å². The van der Waals surface area contributed by atoms with Crippen LogP contribution in [0.4, 0.5) is 4.39 Å². The predicted molar refractivity (Wildman–Crippen MR) is 104 cm³/mol. The molecular weight excluding hydrogens is 357 g/mol. The summed E-state index contributed by atoms with van der Waals surface area (Å²) in [6, 6.07) is 12.7. The molecule has 1 aliphatic carbocycles. The maximum Gasteiger partial charge on any atom is 0.231 e. The van der Waals surface area contributed by atoms with Crippen molar-refractivity contribution >= 4 is 0 Å². The van der Waals surface area contributed by atoms with Crippen LogP contribution in [0, 0.1) is 17.7 Å². The average molecular weight is 383 g/mol. The molecule has 148 valence electrons. The molecular formula is C23H26FNO3. The van der Waals surface area contributed by atoms with Gasteiger partial charge in [0.2, 0.25) is 6.79 Å². The lowest BCUT2D eigenvalue weighted by atomic mass is 9.80. The number of ether oxygens (including phenoxy) is 3. The highest BCUT2D eigenvalue weighted by Gasteiger charge is 2.33. The van der Waals surface area contributed by atoms with E-state index in [0.29, 0.717) is 18.4 Å². The molecule has 0 aromatic heterocycles. The van der Waals surface area contributed by atoms with Crippen LogP contribution < -0.4 is 14.2 Å². The van der Waals surface area contributed by atoms with Gasteiger partial charge < -0.3 is 19.1 Å². The molecule has 2 aromatic carbocycles. The Kier molecular flexibility index (Phi) is 4.85. The van der Waals surface area contributed by atoms with Crippen LogP contribution >= 0.6 is 0 Å². The van der Waals surface area contributed by atoms with Gasteiger partial charge in [-0.15, -0.1) is 0 Å². The van der Waals surface area contributed by atoms with Gasteiger partial charge in [0.25, 0.3) is 0 Å². The van der Waals surface area contributed by atoms with E-state index >= 15 is 0 Å². The van der Waals surface area contributed by atoms with Crippen molar-refractivity contribution in [3.63, 3.8) is 0 Å². The van der Waals surface area contributed by atoms with Crippen LogP contribution in [0.15, 0.2) is 42.5 Å². The zero-order valence-electron chi connectivity index (χ0n) is 16.0. The van der Waals surface area contributed by atoms with Crippen molar-refractivity contribution < 1.29 is 18.6 Å². The second-order valence-electron chi connectivity index (χ2n) is 8.24. The van der Waals surface area contributed by atoms with Gasteiger partial charge in [-0.1, -0.05) is 12.1 Å². The third kappa shape index (κ3) is 3.95. The summed E-state index contributed by atoms with van der Waals surface area (Å²) >= 11 is 0. The van der Waals surface area contributed by atoms with E-state index in [9.17, 15) is 4.39 Å². The summed E-state index contributed by atoms with van der Waals surface area (Å²) in [5, 5.41) is 0. The summed E-state index contributed by atoms with van der Waals surface area (Å²) in [4.78, 5) is 2.59. The smallest absolute Gasteiger partial charge is 0.231 e. The van der Waals surface area contributed by atoms with Gasteiger partial charge in [-0.25, -0.2) is 4.39 Å². The van der Waals surface area contributed by atoms with Crippen LogP contribution in [0.25, 0.3) is 0 Å². The Hall–Kier alpha value is -2.27. The summed E-state index contributed by atoms with van der Waals surface area (Å²) in [6.07, 6.45) is 3.83. The molecule has 2 aromatic rings. The molecule has 1 saturated carbocycles. The fourth-order valence-electron chi connectivity index (χ4n) is 4.43. The molecule has 0 radical (unpaired) electrons. The molecule has 1 saturated heterocycles. The summed E-state index contributed by atoms with van der Waals surface area (Å²) in [5.41, 5.74) is 1.21. The Morgan fingerprint density at radius 2 is 1.82 bits per heavy atom. The van der Waals surface area contributed by atoms with E-state index in [1.807, 2.05) is 30.3 Å². The van der Waals surface area contributed by atoms with Crippen molar-refractivity contribution in [2.75, 3.05) is 33.0 Å². The molecule has 0 bridgehead atoms. The number of likely N-dealkylation sites (tertiary alicyclic amines) is 1. The minimum Gasteiger partial charge on any atom is -0.493 e. The van der Waals surface area contributed by atoms with Crippen LogP contribution in [0.1, 0.15) is 30.7 Å². The number of halogens is 1. The molecule has 2 atom stereocenters. The van der Waals surface area contributed by atoms with Crippen LogP contribution in [0.3, 0.4) is 0 Å². The first-order valence-electron chi connectivity index (χ1n) is 10.2. The SMILES string of the molecule is Fc1ccc([C@@H]2CCN(CC3CC3)C[C@H]2COc2ccc3c(c2)OCO3)cc1. The molecule has 5 heteroatoms. The van der Waals surface area contributed by atoms with E-state index < -0.39 is 0 Å². The topological polar surface area (TPSA) is 30.9 Å². The van der Waals surface area contributed by atoms with Crippen LogP contribution in [-0.4, -0.2) is 37.9 Å². The van der Waals surface area contributed by atoms with Gasteiger partial charge in [0.1, 0.15) is 11.6 Å². The Labute approximate surface area is 165 Å². The third-order valence-electron chi connectivity index (χ3n) is 6.14. The molecule has 0 amide bonds. The van der Waals surface area contributed by atoms with Gasteiger partial charge in [-0.2, -0.15) is 0 Å². The minimum absolute atomic E-state index is 0.178. The molecule has 0 N–H and O–H groups in total. The number of hydrogen-bond donors (Lipinski definition) is 0. The van der Waals surface area contributed by atoms with Crippen LogP contribution in [-0.2, 0) is 0 Å². The fourth-order valence-corrected chi connectivity index (χ4v) is 4.43. The van der Waals surface area contributed by atoms with Gasteiger partial charge in [-0.05, 0) is 67.5 Å².